The average Bonchev–Trinajstić information content (AvgIpc) is 3.38. The van der Waals surface area contributed by atoms with Crippen molar-refractivity contribution in [1.29, 1.82) is 0 Å². The normalized spacial score (nSPS) is 14.4. The van der Waals surface area contributed by atoms with Crippen LogP contribution < -0.4 is 15.5 Å². The molecule has 41 heavy (non-hydrogen) atoms. The number of fused-ring (bicyclic) bond motifs is 1. The largest absolute Gasteiger partial charge is 0.383 e. The highest BCUT2D eigenvalue weighted by atomic mass is 32.1. The highest BCUT2D eigenvalue weighted by molar-refractivity contribution is 7.22. The lowest BCUT2D eigenvalue weighted by molar-refractivity contribution is 0.0687. The number of amides is 2. The maximum Gasteiger partial charge on any atom is 0.321 e. The number of benzene rings is 1. The zero-order valence-corrected chi connectivity index (χ0v) is 24.5. The van der Waals surface area contributed by atoms with Gasteiger partial charge in [0.2, 0.25) is 0 Å². The maximum absolute atomic E-state index is 12.2. The van der Waals surface area contributed by atoms with Gasteiger partial charge in [-0.1, -0.05) is 11.3 Å². The van der Waals surface area contributed by atoms with E-state index in [1.165, 1.54) is 11.3 Å². The molecular formula is C28H35N9O3S. The molecule has 0 atom stereocenters. The van der Waals surface area contributed by atoms with Gasteiger partial charge in [-0.2, -0.15) is 0 Å². The molecular weight excluding hydrogens is 542 g/mol. The van der Waals surface area contributed by atoms with E-state index in [2.05, 4.69) is 35.4 Å². The molecule has 1 aliphatic rings. The number of anilines is 2. The molecule has 1 aliphatic heterocycles. The van der Waals surface area contributed by atoms with Crippen LogP contribution in [0.15, 0.2) is 36.8 Å². The number of aliphatic hydroxyl groups is 1. The molecule has 12 nitrogen and oxygen atoms in total. The molecule has 0 radical (unpaired) electrons. The summed E-state index contributed by atoms with van der Waals surface area (Å²) in [5.74, 6) is 1.77. The number of carbonyl (C=O) groups excluding carboxylic acids is 1. The van der Waals surface area contributed by atoms with Crippen LogP contribution in [0, 0.1) is 0 Å². The molecule has 4 heterocycles. The fourth-order valence-electron chi connectivity index (χ4n) is 4.59. The van der Waals surface area contributed by atoms with E-state index >= 15 is 0 Å². The number of urea groups is 1. The molecule has 2 amide bonds. The van der Waals surface area contributed by atoms with Crippen LogP contribution in [-0.4, -0.2) is 93.9 Å². The summed E-state index contributed by atoms with van der Waals surface area (Å²) < 4.78 is 6.08. The smallest absolute Gasteiger partial charge is 0.321 e. The second-order valence-electron chi connectivity index (χ2n) is 10.3. The van der Waals surface area contributed by atoms with Gasteiger partial charge < -0.3 is 20.1 Å². The Morgan fingerprint density at radius 3 is 2.54 bits per heavy atom. The molecule has 13 heteroatoms. The first-order valence-corrected chi connectivity index (χ1v) is 14.4. The van der Waals surface area contributed by atoms with E-state index in [9.17, 15) is 9.90 Å². The summed E-state index contributed by atoms with van der Waals surface area (Å²) in [5.41, 5.74) is 1.93. The van der Waals surface area contributed by atoms with Crippen molar-refractivity contribution in [2.45, 2.75) is 26.4 Å². The Balaban J connectivity index is 1.51. The number of rotatable bonds is 9. The molecule has 1 saturated heterocycles. The predicted octanol–water partition coefficient (Wildman–Crippen LogP) is 3.35. The van der Waals surface area contributed by atoms with E-state index in [0.717, 1.165) is 66.5 Å². The number of aromatic nitrogens is 5. The van der Waals surface area contributed by atoms with Crippen molar-refractivity contribution in [1.82, 2.24) is 35.1 Å². The van der Waals surface area contributed by atoms with Crippen LogP contribution in [0.25, 0.3) is 32.7 Å². The molecule has 216 valence electrons. The summed E-state index contributed by atoms with van der Waals surface area (Å²) in [6, 6.07) is 5.56. The number of nitrogens with zero attached hydrogens (tertiary/aromatic N) is 7. The van der Waals surface area contributed by atoms with Gasteiger partial charge in [0.05, 0.1) is 16.8 Å². The number of piperazine rings is 1. The van der Waals surface area contributed by atoms with Crippen LogP contribution in [-0.2, 0) is 10.3 Å². The van der Waals surface area contributed by atoms with Gasteiger partial charge in [0.15, 0.2) is 16.8 Å². The lowest BCUT2D eigenvalue weighted by Gasteiger charge is -2.35. The second-order valence-corrected chi connectivity index (χ2v) is 11.3. The van der Waals surface area contributed by atoms with Crippen LogP contribution in [0.3, 0.4) is 0 Å². The number of carbonyl (C=O) groups is 1. The van der Waals surface area contributed by atoms with Gasteiger partial charge in [-0.05, 0) is 44.5 Å². The van der Waals surface area contributed by atoms with Gasteiger partial charge in [0, 0.05) is 76.1 Å². The molecule has 5 rings (SSSR count). The van der Waals surface area contributed by atoms with Crippen molar-refractivity contribution in [2.75, 3.05) is 63.2 Å². The molecule has 3 aromatic heterocycles. The van der Waals surface area contributed by atoms with E-state index in [0.29, 0.717) is 28.8 Å². The quantitative estimate of drug-likeness (QED) is 0.271. The van der Waals surface area contributed by atoms with Crippen molar-refractivity contribution in [3.63, 3.8) is 0 Å². The van der Waals surface area contributed by atoms with Gasteiger partial charge in [-0.15, -0.1) is 0 Å². The molecule has 1 aromatic carbocycles. The topological polar surface area (TPSA) is 142 Å². The van der Waals surface area contributed by atoms with Gasteiger partial charge in [0.1, 0.15) is 11.4 Å². The number of hydrogen-bond donors (Lipinski definition) is 3. The monoisotopic (exact) mass is 577 g/mol. The SMILES string of the molecule is CCNC(=O)Nc1nc2cc(-c3cnc(C(C)(C)O)nc3)cc(-c3nccc(N4CCN(CCOC)CC4)n3)c2s1. The molecule has 0 unspecified atom stereocenters. The lowest BCUT2D eigenvalue weighted by atomic mass is 10.0. The highest BCUT2D eigenvalue weighted by Gasteiger charge is 2.22. The Kier molecular flexibility index (Phi) is 8.68. The van der Waals surface area contributed by atoms with E-state index < -0.39 is 5.60 Å². The van der Waals surface area contributed by atoms with Crippen molar-refractivity contribution >= 4 is 38.5 Å². The molecule has 0 saturated carbocycles. The van der Waals surface area contributed by atoms with E-state index in [1.807, 2.05) is 25.1 Å². The molecule has 0 aliphatic carbocycles. The Bertz CT molecular complexity index is 1500. The average molecular weight is 578 g/mol. The molecule has 1 fully saturated rings. The molecule has 3 N–H and O–H groups in total. The van der Waals surface area contributed by atoms with Crippen LogP contribution in [0.5, 0.6) is 0 Å². The molecule has 0 spiro atoms. The van der Waals surface area contributed by atoms with E-state index in [4.69, 9.17) is 14.7 Å². The third-order valence-corrected chi connectivity index (χ3v) is 7.79. The number of nitrogens with one attached hydrogen (secondary N) is 2. The van der Waals surface area contributed by atoms with Gasteiger partial charge in [0.25, 0.3) is 0 Å². The minimum atomic E-state index is -1.15. The summed E-state index contributed by atoms with van der Waals surface area (Å²) in [6.45, 7) is 10.9. The number of ether oxygens (including phenoxy) is 1. The molecule has 4 aromatic rings. The zero-order valence-electron chi connectivity index (χ0n) is 23.7. The highest BCUT2D eigenvalue weighted by Crippen LogP contribution is 2.38. The fraction of sp³-hybridized carbons (Fsp3) is 0.429. The minimum absolute atomic E-state index is 0.313. The summed E-state index contributed by atoms with van der Waals surface area (Å²) >= 11 is 1.37. The fourth-order valence-corrected chi connectivity index (χ4v) is 5.54. The van der Waals surface area contributed by atoms with Gasteiger partial charge in [-0.3, -0.25) is 10.2 Å². The van der Waals surface area contributed by atoms with Crippen LogP contribution in [0.2, 0.25) is 0 Å². The third kappa shape index (κ3) is 6.76. The first kappa shape index (κ1) is 28.7. The van der Waals surface area contributed by atoms with Gasteiger partial charge >= 0.3 is 6.03 Å². The standard InChI is InChI=1S/C28H35N9O3S/c1-5-29-26(38)35-27-33-21-15-18(19-16-31-25(32-17-19)28(2,3)39)14-20(23(21)41-27)24-30-7-6-22(34-24)37-10-8-36(9-11-37)12-13-40-4/h6-7,14-17,39H,5,8-13H2,1-4H3,(H2,29,33,35,38). The van der Waals surface area contributed by atoms with Crippen molar-refractivity contribution < 1.29 is 14.6 Å². The summed E-state index contributed by atoms with van der Waals surface area (Å²) in [5, 5.41) is 16.3. The number of methoxy groups -OCH3 is 1. The summed E-state index contributed by atoms with van der Waals surface area (Å²) in [6.07, 6.45) is 5.15. The first-order chi connectivity index (χ1) is 19.7. The van der Waals surface area contributed by atoms with Crippen molar-refractivity contribution in [3.8, 4) is 22.5 Å². The Morgan fingerprint density at radius 1 is 1.10 bits per heavy atom. The maximum atomic E-state index is 12.2. The van der Waals surface area contributed by atoms with Crippen LogP contribution in [0.1, 0.15) is 26.6 Å². The third-order valence-electron chi connectivity index (χ3n) is 6.77. The van der Waals surface area contributed by atoms with E-state index in [-0.39, 0.29) is 6.03 Å². The van der Waals surface area contributed by atoms with Gasteiger partial charge in [-0.25, -0.2) is 29.7 Å². The zero-order chi connectivity index (χ0) is 29.0. The predicted molar refractivity (Wildman–Crippen MR) is 160 cm³/mol. The summed E-state index contributed by atoms with van der Waals surface area (Å²) in [4.78, 5) is 39.9. The van der Waals surface area contributed by atoms with Crippen LogP contribution in [0.4, 0.5) is 15.7 Å². The Morgan fingerprint density at radius 2 is 1.85 bits per heavy atom. The Labute approximate surface area is 242 Å². The lowest BCUT2D eigenvalue weighted by Crippen LogP contribution is -2.47. The molecule has 0 bridgehead atoms. The van der Waals surface area contributed by atoms with Crippen molar-refractivity contribution in [2.24, 2.45) is 0 Å². The van der Waals surface area contributed by atoms with E-state index in [1.54, 1.807) is 39.5 Å². The first-order valence-electron chi connectivity index (χ1n) is 13.6. The summed E-state index contributed by atoms with van der Waals surface area (Å²) in [7, 11) is 1.73. The van der Waals surface area contributed by atoms with Crippen LogP contribution >= 0.6 is 11.3 Å². The minimum Gasteiger partial charge on any atom is -0.383 e. The second kappa shape index (κ2) is 12.4. The Hall–Kier alpha value is -3.78. The number of thiazole rings is 1. The number of hydrogen-bond acceptors (Lipinski definition) is 11. The van der Waals surface area contributed by atoms with Crippen molar-refractivity contribution in [3.05, 3.63) is 42.6 Å².